The van der Waals surface area contributed by atoms with Gasteiger partial charge in [-0.2, -0.15) is 9.78 Å². The van der Waals surface area contributed by atoms with E-state index in [1.54, 1.807) is 6.20 Å². The second kappa shape index (κ2) is 6.40. The molecule has 0 spiro atoms. The Morgan fingerprint density at radius 2 is 2.00 bits per heavy atom. The molecule has 1 radical (unpaired) electrons. The SMILES string of the molecule is COC(=O)[CH]Cc1cc(C)c2c(cnn2C(=O)OC(C)(C)C)c1. The first-order valence-electron chi connectivity index (χ1n) is 7.33. The van der Waals surface area contributed by atoms with Crippen molar-refractivity contribution in [2.75, 3.05) is 7.11 Å². The van der Waals surface area contributed by atoms with E-state index in [4.69, 9.17) is 4.74 Å². The molecule has 1 heterocycles. The second-order valence-corrected chi connectivity index (χ2v) is 6.32. The van der Waals surface area contributed by atoms with E-state index in [9.17, 15) is 9.59 Å². The fourth-order valence-corrected chi connectivity index (χ4v) is 2.30. The zero-order valence-corrected chi connectivity index (χ0v) is 14.0. The summed E-state index contributed by atoms with van der Waals surface area (Å²) >= 11 is 0. The number of ether oxygens (including phenoxy) is 2. The van der Waals surface area contributed by atoms with Crippen molar-refractivity contribution in [2.24, 2.45) is 0 Å². The number of hydrogen-bond donors (Lipinski definition) is 0. The Morgan fingerprint density at radius 3 is 2.61 bits per heavy atom. The maximum absolute atomic E-state index is 12.2. The first kappa shape index (κ1) is 17.0. The van der Waals surface area contributed by atoms with Gasteiger partial charge in [0.25, 0.3) is 0 Å². The first-order valence-corrected chi connectivity index (χ1v) is 7.33. The van der Waals surface area contributed by atoms with Crippen LogP contribution in [-0.4, -0.2) is 34.6 Å². The maximum atomic E-state index is 12.2. The van der Waals surface area contributed by atoms with Gasteiger partial charge in [0.15, 0.2) is 0 Å². The molecule has 0 saturated carbocycles. The van der Waals surface area contributed by atoms with Gasteiger partial charge in [-0.1, -0.05) is 6.07 Å². The van der Waals surface area contributed by atoms with Crippen LogP contribution >= 0.6 is 0 Å². The summed E-state index contributed by atoms with van der Waals surface area (Å²) in [6.07, 6.45) is 3.04. The summed E-state index contributed by atoms with van der Waals surface area (Å²) in [5.74, 6) is -0.368. The number of rotatable bonds is 3. The highest BCUT2D eigenvalue weighted by Gasteiger charge is 2.21. The molecule has 1 aromatic carbocycles. The van der Waals surface area contributed by atoms with Gasteiger partial charge in [0.1, 0.15) is 5.60 Å². The number of carbonyl (C=O) groups excluding carboxylic acids is 2. The van der Waals surface area contributed by atoms with Crippen molar-refractivity contribution < 1.29 is 19.1 Å². The first-order chi connectivity index (χ1) is 10.7. The summed E-state index contributed by atoms with van der Waals surface area (Å²) in [5, 5.41) is 4.96. The summed E-state index contributed by atoms with van der Waals surface area (Å²) in [6, 6.07) is 3.82. The highest BCUT2D eigenvalue weighted by Crippen LogP contribution is 2.22. The molecule has 1 aromatic heterocycles. The van der Waals surface area contributed by atoms with E-state index in [-0.39, 0.29) is 5.97 Å². The van der Waals surface area contributed by atoms with E-state index in [0.717, 1.165) is 16.5 Å². The number of benzene rings is 1. The third-order valence-corrected chi connectivity index (χ3v) is 3.19. The molecule has 6 heteroatoms. The number of methoxy groups -OCH3 is 1. The predicted molar refractivity (Wildman–Crippen MR) is 86.1 cm³/mol. The smallest absolute Gasteiger partial charge is 0.435 e. The zero-order valence-electron chi connectivity index (χ0n) is 14.0. The number of aryl methyl sites for hydroxylation is 1. The lowest BCUT2D eigenvalue weighted by molar-refractivity contribution is -0.136. The van der Waals surface area contributed by atoms with Crippen molar-refractivity contribution in [3.8, 4) is 0 Å². The number of fused-ring (bicyclic) bond motifs is 1. The van der Waals surface area contributed by atoms with Crippen molar-refractivity contribution in [2.45, 2.75) is 39.7 Å². The van der Waals surface area contributed by atoms with Crippen molar-refractivity contribution >= 4 is 23.0 Å². The molecular formula is C17H21N2O4. The summed E-state index contributed by atoms with van der Waals surface area (Å²) in [4.78, 5) is 23.4. The van der Waals surface area contributed by atoms with Crippen molar-refractivity contribution in [1.82, 2.24) is 9.78 Å². The molecule has 2 rings (SSSR count). The molecule has 123 valence electrons. The fourth-order valence-electron chi connectivity index (χ4n) is 2.30. The van der Waals surface area contributed by atoms with Gasteiger partial charge < -0.3 is 9.47 Å². The van der Waals surface area contributed by atoms with Crippen molar-refractivity contribution in [3.63, 3.8) is 0 Å². The topological polar surface area (TPSA) is 70.4 Å². The molecule has 0 aliphatic rings. The Hall–Kier alpha value is -2.37. The molecule has 2 aromatic rings. The van der Waals surface area contributed by atoms with Crippen LogP contribution in [0, 0.1) is 13.3 Å². The maximum Gasteiger partial charge on any atom is 0.435 e. The summed E-state index contributed by atoms with van der Waals surface area (Å²) in [5.41, 5.74) is 1.96. The van der Waals surface area contributed by atoms with Crippen LogP contribution in [0.1, 0.15) is 31.9 Å². The van der Waals surface area contributed by atoms with Crippen LogP contribution in [-0.2, 0) is 20.7 Å². The summed E-state index contributed by atoms with van der Waals surface area (Å²) < 4.78 is 11.2. The molecule has 23 heavy (non-hydrogen) atoms. The fraction of sp³-hybridized carbons (Fsp3) is 0.412. The van der Waals surface area contributed by atoms with Crippen LogP contribution in [0.15, 0.2) is 18.3 Å². The van der Waals surface area contributed by atoms with Gasteiger partial charge in [-0.3, -0.25) is 4.79 Å². The van der Waals surface area contributed by atoms with Crippen LogP contribution in [0.2, 0.25) is 0 Å². The number of nitrogens with zero attached hydrogens (tertiary/aromatic N) is 2. The highest BCUT2D eigenvalue weighted by molar-refractivity contribution is 5.90. The Balaban J connectivity index is 2.31. The third-order valence-electron chi connectivity index (χ3n) is 3.19. The quantitative estimate of drug-likeness (QED) is 0.814. The molecule has 0 fully saturated rings. The Kier molecular flexibility index (Phi) is 4.73. The Morgan fingerprint density at radius 1 is 1.30 bits per heavy atom. The lowest BCUT2D eigenvalue weighted by Crippen LogP contribution is -2.27. The lowest BCUT2D eigenvalue weighted by atomic mass is 10.0. The van der Waals surface area contributed by atoms with Gasteiger partial charge >= 0.3 is 12.1 Å². The third kappa shape index (κ3) is 4.09. The van der Waals surface area contributed by atoms with Crippen LogP contribution < -0.4 is 0 Å². The minimum atomic E-state index is -0.585. The van der Waals surface area contributed by atoms with Crippen molar-refractivity contribution in [3.05, 3.63) is 35.9 Å². The van der Waals surface area contributed by atoms with E-state index < -0.39 is 11.7 Å². The molecular weight excluding hydrogens is 296 g/mol. The second-order valence-electron chi connectivity index (χ2n) is 6.32. The molecule has 0 atom stereocenters. The minimum Gasteiger partial charge on any atom is -0.469 e. The van der Waals surface area contributed by atoms with Crippen LogP contribution in [0.5, 0.6) is 0 Å². The molecule has 0 aliphatic carbocycles. The molecule has 0 amide bonds. The van der Waals surface area contributed by atoms with Gasteiger partial charge in [-0.25, -0.2) is 4.79 Å². The van der Waals surface area contributed by atoms with Gasteiger partial charge in [0.05, 0.1) is 25.2 Å². The van der Waals surface area contributed by atoms with Crippen molar-refractivity contribution in [1.29, 1.82) is 0 Å². The monoisotopic (exact) mass is 317 g/mol. The molecule has 0 aliphatic heterocycles. The van der Waals surface area contributed by atoms with Crippen LogP contribution in [0.4, 0.5) is 4.79 Å². The standard InChI is InChI=1S/C17H21N2O4/c1-11-8-12(6-7-14(20)22-5)9-13-10-18-19(15(11)13)16(21)23-17(2,3)4/h7-10H,6H2,1-5H3. The van der Waals surface area contributed by atoms with Gasteiger partial charge in [0.2, 0.25) is 0 Å². The minimum absolute atomic E-state index is 0.368. The van der Waals surface area contributed by atoms with E-state index in [1.165, 1.54) is 18.2 Å². The van der Waals surface area contributed by atoms with Crippen LogP contribution in [0.3, 0.4) is 0 Å². The average molecular weight is 317 g/mol. The number of aromatic nitrogens is 2. The van der Waals surface area contributed by atoms with E-state index in [2.05, 4.69) is 9.84 Å². The number of hydrogen-bond acceptors (Lipinski definition) is 5. The summed E-state index contributed by atoms with van der Waals surface area (Å²) in [7, 11) is 1.35. The predicted octanol–water partition coefficient (Wildman–Crippen LogP) is 3.05. The number of carbonyl (C=O) groups is 2. The zero-order chi connectivity index (χ0) is 17.2. The summed E-state index contributed by atoms with van der Waals surface area (Å²) in [6.45, 7) is 7.32. The van der Waals surface area contributed by atoms with E-state index in [1.807, 2.05) is 39.8 Å². The molecule has 0 unspecified atom stereocenters. The van der Waals surface area contributed by atoms with Crippen LogP contribution in [0.25, 0.3) is 10.9 Å². The Bertz CT molecular complexity index is 741. The average Bonchev–Trinajstić information content (AvgIpc) is 2.87. The van der Waals surface area contributed by atoms with Gasteiger partial charge in [0, 0.05) is 5.39 Å². The van der Waals surface area contributed by atoms with E-state index >= 15 is 0 Å². The molecule has 0 bridgehead atoms. The highest BCUT2D eigenvalue weighted by atomic mass is 16.6. The largest absolute Gasteiger partial charge is 0.469 e. The molecule has 0 saturated heterocycles. The lowest BCUT2D eigenvalue weighted by Gasteiger charge is -2.19. The normalized spacial score (nSPS) is 11.5. The van der Waals surface area contributed by atoms with E-state index in [0.29, 0.717) is 11.9 Å². The van der Waals surface area contributed by atoms with Gasteiger partial charge in [-0.15, -0.1) is 0 Å². The number of esters is 1. The Labute approximate surface area is 135 Å². The molecule has 6 nitrogen and oxygen atoms in total. The molecule has 0 N–H and O–H groups in total. The van der Waals surface area contributed by atoms with Gasteiger partial charge in [-0.05, 0) is 51.3 Å².